The number of benzene rings is 2. The van der Waals surface area contributed by atoms with Gasteiger partial charge < -0.3 is 9.64 Å². The molecule has 0 amide bonds. The van der Waals surface area contributed by atoms with Crippen LogP contribution in [0.2, 0.25) is 0 Å². The molecule has 0 bridgehead atoms. The fourth-order valence-electron chi connectivity index (χ4n) is 2.09. The van der Waals surface area contributed by atoms with Crippen molar-refractivity contribution in [2.24, 2.45) is 5.10 Å². The fourth-order valence-corrected chi connectivity index (χ4v) is 2.09. The van der Waals surface area contributed by atoms with Crippen LogP contribution < -0.4 is 10.2 Å². The lowest BCUT2D eigenvalue weighted by Crippen LogP contribution is -2.15. The minimum absolute atomic E-state index is 0.736. The van der Waals surface area contributed by atoms with Crippen LogP contribution in [0.25, 0.3) is 0 Å². The Hall–Kier alpha value is -2.33. The van der Waals surface area contributed by atoms with E-state index in [1.165, 1.54) is 0 Å². The Morgan fingerprint density at radius 3 is 2.39 bits per heavy atom. The molecule has 4 nitrogen and oxygen atoms in total. The first kappa shape index (κ1) is 17.0. The van der Waals surface area contributed by atoms with Gasteiger partial charge in [-0.15, -0.1) is 0 Å². The van der Waals surface area contributed by atoms with Crippen LogP contribution in [-0.2, 0) is 0 Å². The molecule has 0 heterocycles. The molecule has 2 aromatic carbocycles. The molecule has 0 spiro atoms. The van der Waals surface area contributed by atoms with E-state index in [-0.39, 0.29) is 0 Å². The summed E-state index contributed by atoms with van der Waals surface area (Å²) >= 11 is 0. The first-order valence-electron chi connectivity index (χ1n) is 7.88. The molecule has 0 unspecified atom stereocenters. The van der Waals surface area contributed by atoms with Crippen LogP contribution in [0.15, 0.2) is 59.7 Å². The molecule has 23 heavy (non-hydrogen) atoms. The van der Waals surface area contributed by atoms with Gasteiger partial charge in [0.1, 0.15) is 5.75 Å². The smallest absolute Gasteiger partial charge is 0.119 e. The minimum atomic E-state index is 0.736. The van der Waals surface area contributed by atoms with Crippen molar-refractivity contribution in [1.82, 2.24) is 4.90 Å². The molecule has 0 saturated heterocycles. The first-order chi connectivity index (χ1) is 11.1. The molecule has 0 fully saturated rings. The standard InChI is InChI=1S/C19H25N3O/c1-16(20-21-18-8-5-4-6-9-18)17-10-12-19(13-11-17)23-15-7-14-22(2)3/h4-6,8-13,21H,7,14-15H2,1-3H3/b20-16-. The minimum Gasteiger partial charge on any atom is -0.494 e. The van der Waals surface area contributed by atoms with Gasteiger partial charge in [-0.2, -0.15) is 5.10 Å². The summed E-state index contributed by atoms with van der Waals surface area (Å²) in [5.41, 5.74) is 6.06. The second kappa shape index (κ2) is 8.96. The first-order valence-corrected chi connectivity index (χ1v) is 7.88. The summed E-state index contributed by atoms with van der Waals surface area (Å²) < 4.78 is 5.74. The maximum atomic E-state index is 5.74. The van der Waals surface area contributed by atoms with Gasteiger partial charge in [-0.3, -0.25) is 5.43 Å². The molecule has 0 saturated carbocycles. The number of rotatable bonds is 8. The average molecular weight is 311 g/mol. The maximum Gasteiger partial charge on any atom is 0.119 e. The molecule has 2 aromatic rings. The van der Waals surface area contributed by atoms with Crippen molar-refractivity contribution in [3.63, 3.8) is 0 Å². The predicted octanol–water partition coefficient (Wildman–Crippen LogP) is 3.85. The Labute approximate surface area is 138 Å². The van der Waals surface area contributed by atoms with Gasteiger partial charge >= 0.3 is 0 Å². The lowest BCUT2D eigenvalue weighted by molar-refractivity contribution is 0.281. The second-order valence-electron chi connectivity index (χ2n) is 5.70. The summed E-state index contributed by atoms with van der Waals surface area (Å²) in [7, 11) is 4.14. The highest BCUT2D eigenvalue weighted by Gasteiger charge is 2.00. The summed E-state index contributed by atoms with van der Waals surface area (Å²) in [5, 5.41) is 4.41. The van der Waals surface area contributed by atoms with E-state index in [4.69, 9.17) is 4.74 Å². The van der Waals surface area contributed by atoms with E-state index < -0.39 is 0 Å². The van der Waals surface area contributed by atoms with E-state index in [1.807, 2.05) is 61.5 Å². The Bertz CT molecular complexity index is 606. The van der Waals surface area contributed by atoms with Crippen molar-refractivity contribution >= 4 is 11.4 Å². The predicted molar refractivity (Wildman–Crippen MR) is 97.4 cm³/mol. The van der Waals surface area contributed by atoms with Gasteiger partial charge in [0.15, 0.2) is 0 Å². The van der Waals surface area contributed by atoms with E-state index >= 15 is 0 Å². The SMILES string of the molecule is C/C(=N/Nc1ccccc1)c1ccc(OCCCN(C)C)cc1. The zero-order chi connectivity index (χ0) is 16.5. The van der Waals surface area contributed by atoms with Gasteiger partial charge in [-0.1, -0.05) is 18.2 Å². The quantitative estimate of drug-likeness (QED) is 0.457. The molecule has 122 valence electrons. The number of anilines is 1. The zero-order valence-corrected chi connectivity index (χ0v) is 14.1. The van der Waals surface area contributed by atoms with Crippen molar-refractivity contribution in [3.05, 3.63) is 60.2 Å². The molecule has 4 heteroatoms. The van der Waals surface area contributed by atoms with Crippen LogP contribution in [0.4, 0.5) is 5.69 Å². The third-order valence-electron chi connectivity index (χ3n) is 3.42. The van der Waals surface area contributed by atoms with Crippen LogP contribution >= 0.6 is 0 Å². The van der Waals surface area contributed by atoms with Crippen molar-refractivity contribution < 1.29 is 4.74 Å². The second-order valence-corrected chi connectivity index (χ2v) is 5.70. The number of para-hydroxylation sites is 1. The largest absolute Gasteiger partial charge is 0.494 e. The zero-order valence-electron chi connectivity index (χ0n) is 14.1. The Morgan fingerprint density at radius 2 is 1.74 bits per heavy atom. The molecule has 2 rings (SSSR count). The summed E-state index contributed by atoms with van der Waals surface area (Å²) in [6, 6.07) is 18.0. The van der Waals surface area contributed by atoms with Crippen LogP contribution in [0.3, 0.4) is 0 Å². The molecule has 1 N–H and O–H groups in total. The van der Waals surface area contributed by atoms with Gasteiger partial charge in [0.2, 0.25) is 0 Å². The highest BCUT2D eigenvalue weighted by atomic mass is 16.5. The van der Waals surface area contributed by atoms with Crippen LogP contribution in [0.5, 0.6) is 5.75 Å². The molecule has 0 aliphatic carbocycles. The molecular weight excluding hydrogens is 286 g/mol. The summed E-state index contributed by atoms with van der Waals surface area (Å²) in [5.74, 6) is 0.899. The van der Waals surface area contributed by atoms with Gasteiger partial charge in [-0.25, -0.2) is 0 Å². The molecule has 0 aromatic heterocycles. The molecule has 0 radical (unpaired) electrons. The third-order valence-corrected chi connectivity index (χ3v) is 3.42. The number of nitrogens with one attached hydrogen (secondary N) is 1. The van der Waals surface area contributed by atoms with E-state index in [1.54, 1.807) is 0 Å². The van der Waals surface area contributed by atoms with Gasteiger partial charge in [0, 0.05) is 6.54 Å². The third kappa shape index (κ3) is 6.12. The maximum absolute atomic E-state index is 5.74. The average Bonchev–Trinajstić information content (AvgIpc) is 2.58. The van der Waals surface area contributed by atoms with Crippen LogP contribution in [-0.4, -0.2) is 37.9 Å². The summed E-state index contributed by atoms with van der Waals surface area (Å²) in [6.07, 6.45) is 1.02. The fraction of sp³-hybridized carbons (Fsp3) is 0.316. The Balaban J connectivity index is 1.86. The lowest BCUT2D eigenvalue weighted by atomic mass is 10.1. The van der Waals surface area contributed by atoms with Crippen LogP contribution in [0, 0.1) is 0 Å². The summed E-state index contributed by atoms with van der Waals surface area (Å²) in [6.45, 7) is 3.76. The number of hydrazone groups is 1. The topological polar surface area (TPSA) is 36.9 Å². The van der Waals surface area contributed by atoms with Crippen molar-refractivity contribution in [1.29, 1.82) is 0 Å². The Kier molecular flexibility index (Phi) is 6.63. The van der Waals surface area contributed by atoms with Crippen LogP contribution in [0.1, 0.15) is 18.9 Å². The molecule has 0 aliphatic rings. The van der Waals surface area contributed by atoms with Crippen molar-refractivity contribution in [2.45, 2.75) is 13.3 Å². The number of hydrogen-bond acceptors (Lipinski definition) is 4. The number of ether oxygens (including phenoxy) is 1. The molecular formula is C19H25N3O. The van der Waals surface area contributed by atoms with E-state index in [0.717, 1.165) is 42.3 Å². The summed E-state index contributed by atoms with van der Waals surface area (Å²) in [4.78, 5) is 2.16. The van der Waals surface area contributed by atoms with E-state index in [2.05, 4.69) is 29.5 Å². The van der Waals surface area contributed by atoms with Crippen molar-refractivity contribution in [3.8, 4) is 5.75 Å². The Morgan fingerprint density at radius 1 is 1.04 bits per heavy atom. The van der Waals surface area contributed by atoms with E-state index in [9.17, 15) is 0 Å². The molecule has 0 atom stereocenters. The van der Waals surface area contributed by atoms with Gasteiger partial charge in [0.05, 0.1) is 18.0 Å². The van der Waals surface area contributed by atoms with Gasteiger partial charge in [0.25, 0.3) is 0 Å². The van der Waals surface area contributed by atoms with E-state index in [0.29, 0.717) is 0 Å². The lowest BCUT2D eigenvalue weighted by Gasteiger charge is -2.10. The number of nitrogens with zero attached hydrogens (tertiary/aromatic N) is 2. The van der Waals surface area contributed by atoms with Crippen molar-refractivity contribution in [2.75, 3.05) is 32.7 Å². The number of hydrogen-bond donors (Lipinski definition) is 1. The monoisotopic (exact) mass is 311 g/mol. The normalized spacial score (nSPS) is 11.6. The highest BCUT2D eigenvalue weighted by molar-refractivity contribution is 5.99. The van der Waals surface area contributed by atoms with Gasteiger partial charge in [-0.05, 0) is 69.4 Å². The highest BCUT2D eigenvalue weighted by Crippen LogP contribution is 2.14. The molecule has 0 aliphatic heterocycles.